The maximum Gasteiger partial charge on any atom is 0.335 e. The predicted octanol–water partition coefficient (Wildman–Crippen LogP) is 4.00. The maximum absolute atomic E-state index is 11.6. The van der Waals surface area contributed by atoms with Crippen molar-refractivity contribution in [1.82, 2.24) is 0 Å². The fourth-order valence-electron chi connectivity index (χ4n) is 3.82. The van der Waals surface area contributed by atoms with Crippen molar-refractivity contribution in [2.45, 2.75) is 18.9 Å². The third-order valence-corrected chi connectivity index (χ3v) is 5.53. The molecule has 3 aromatic rings. The van der Waals surface area contributed by atoms with Crippen LogP contribution in [0.5, 0.6) is 28.7 Å². The standard InChI is InChI=1S/C26H28O8/c1-15-5-9-21(22(11-15)32-3)34-24(14-27)25(16-7-10-20(31-2)23(13-16)33-4)18-12-17(26(29)30)6-8-19(18)28/h5-13,24-25,27-28H,14H2,1-4H3,(H,29,30). The Balaban J connectivity index is 2.19. The second-order valence-electron chi connectivity index (χ2n) is 7.66. The van der Waals surface area contributed by atoms with E-state index in [-0.39, 0.29) is 16.9 Å². The van der Waals surface area contributed by atoms with Gasteiger partial charge >= 0.3 is 5.97 Å². The van der Waals surface area contributed by atoms with Crippen molar-refractivity contribution in [2.75, 3.05) is 27.9 Å². The average molecular weight is 469 g/mol. The minimum atomic E-state index is -1.14. The van der Waals surface area contributed by atoms with Crippen LogP contribution < -0.4 is 18.9 Å². The summed E-state index contributed by atoms with van der Waals surface area (Å²) in [6.07, 6.45) is -0.912. The molecule has 0 radical (unpaired) electrons. The largest absolute Gasteiger partial charge is 0.508 e. The maximum atomic E-state index is 11.6. The van der Waals surface area contributed by atoms with Gasteiger partial charge in [-0.2, -0.15) is 0 Å². The van der Waals surface area contributed by atoms with Crippen LogP contribution in [0.15, 0.2) is 54.6 Å². The highest BCUT2D eigenvalue weighted by Gasteiger charge is 2.31. The Hall–Kier alpha value is -3.91. The highest BCUT2D eigenvalue weighted by molar-refractivity contribution is 5.88. The molecule has 2 atom stereocenters. The fraction of sp³-hybridized carbons (Fsp3) is 0.269. The molecule has 0 aromatic heterocycles. The van der Waals surface area contributed by atoms with Crippen molar-refractivity contribution in [3.8, 4) is 28.7 Å². The van der Waals surface area contributed by atoms with Gasteiger partial charge in [0, 0.05) is 5.56 Å². The summed E-state index contributed by atoms with van der Waals surface area (Å²) in [7, 11) is 4.53. The van der Waals surface area contributed by atoms with E-state index >= 15 is 0 Å². The number of hydrogen-bond acceptors (Lipinski definition) is 7. The third kappa shape index (κ3) is 5.18. The van der Waals surface area contributed by atoms with Crippen LogP contribution in [-0.2, 0) is 0 Å². The number of aryl methyl sites for hydroxylation is 1. The van der Waals surface area contributed by atoms with Gasteiger partial charge in [0.25, 0.3) is 0 Å². The van der Waals surface area contributed by atoms with E-state index in [1.54, 1.807) is 30.3 Å². The zero-order valence-electron chi connectivity index (χ0n) is 19.4. The lowest BCUT2D eigenvalue weighted by Crippen LogP contribution is -2.30. The lowest BCUT2D eigenvalue weighted by atomic mass is 9.85. The summed E-state index contributed by atoms with van der Waals surface area (Å²) < 4.78 is 22.4. The number of aliphatic hydroxyl groups excluding tert-OH is 1. The van der Waals surface area contributed by atoms with Gasteiger partial charge < -0.3 is 34.3 Å². The number of methoxy groups -OCH3 is 3. The zero-order valence-corrected chi connectivity index (χ0v) is 19.4. The van der Waals surface area contributed by atoms with Crippen molar-refractivity contribution in [2.24, 2.45) is 0 Å². The molecule has 0 bridgehead atoms. The monoisotopic (exact) mass is 468 g/mol. The SMILES string of the molecule is COc1ccc(C(c2cc(C(=O)O)ccc2O)C(CO)Oc2ccc(C)cc2OC)cc1OC. The predicted molar refractivity (Wildman–Crippen MR) is 126 cm³/mol. The van der Waals surface area contributed by atoms with E-state index in [1.807, 2.05) is 13.0 Å². The van der Waals surface area contributed by atoms with E-state index in [4.69, 9.17) is 18.9 Å². The lowest BCUT2D eigenvalue weighted by molar-refractivity contribution is 0.0696. The van der Waals surface area contributed by atoms with E-state index < -0.39 is 24.6 Å². The molecule has 0 saturated carbocycles. The third-order valence-electron chi connectivity index (χ3n) is 5.53. The van der Waals surface area contributed by atoms with Gasteiger partial charge in [-0.15, -0.1) is 0 Å². The molecule has 0 fully saturated rings. The molecule has 0 spiro atoms. The molecule has 0 aliphatic heterocycles. The molecule has 180 valence electrons. The highest BCUT2D eigenvalue weighted by atomic mass is 16.5. The Kier molecular flexibility index (Phi) is 7.86. The number of benzene rings is 3. The van der Waals surface area contributed by atoms with E-state index in [2.05, 4.69) is 0 Å². The molecule has 34 heavy (non-hydrogen) atoms. The summed E-state index contributed by atoms with van der Waals surface area (Å²) in [6, 6.07) is 14.5. The number of rotatable bonds is 10. The van der Waals surface area contributed by atoms with Gasteiger partial charge in [-0.25, -0.2) is 4.79 Å². The molecule has 0 aliphatic carbocycles. The Morgan fingerprint density at radius 2 is 1.50 bits per heavy atom. The highest BCUT2D eigenvalue weighted by Crippen LogP contribution is 2.41. The van der Waals surface area contributed by atoms with Crippen LogP contribution in [0.1, 0.15) is 33.0 Å². The van der Waals surface area contributed by atoms with Crippen LogP contribution >= 0.6 is 0 Å². The molecule has 0 saturated heterocycles. The van der Waals surface area contributed by atoms with Gasteiger partial charge in [-0.05, 0) is 60.5 Å². The van der Waals surface area contributed by atoms with E-state index in [0.717, 1.165) is 5.56 Å². The molecule has 3 aromatic carbocycles. The number of carboxylic acid groups (broad SMARTS) is 1. The summed E-state index contributed by atoms with van der Waals surface area (Å²) in [5, 5.41) is 30.6. The van der Waals surface area contributed by atoms with Crippen molar-refractivity contribution in [3.63, 3.8) is 0 Å². The van der Waals surface area contributed by atoms with E-state index in [9.17, 15) is 20.1 Å². The molecule has 0 amide bonds. The second-order valence-corrected chi connectivity index (χ2v) is 7.66. The fourth-order valence-corrected chi connectivity index (χ4v) is 3.82. The Labute approximate surface area is 197 Å². The van der Waals surface area contributed by atoms with Gasteiger partial charge in [0.2, 0.25) is 0 Å². The number of ether oxygens (including phenoxy) is 4. The first-order valence-corrected chi connectivity index (χ1v) is 10.5. The van der Waals surface area contributed by atoms with Crippen LogP contribution in [0, 0.1) is 6.92 Å². The van der Waals surface area contributed by atoms with Crippen LogP contribution in [-0.4, -0.2) is 55.3 Å². The van der Waals surface area contributed by atoms with Gasteiger partial charge in [0.15, 0.2) is 23.0 Å². The van der Waals surface area contributed by atoms with Crippen molar-refractivity contribution in [1.29, 1.82) is 0 Å². The molecule has 3 N–H and O–H groups in total. The van der Waals surface area contributed by atoms with Crippen molar-refractivity contribution >= 4 is 5.97 Å². The molecule has 0 heterocycles. The summed E-state index contributed by atoms with van der Waals surface area (Å²) in [5.41, 5.74) is 1.84. The Morgan fingerprint density at radius 1 is 0.853 bits per heavy atom. The number of phenols is 1. The number of phenolic OH excluding ortho intramolecular Hbond substituents is 1. The summed E-state index contributed by atoms with van der Waals surface area (Å²) in [6.45, 7) is 1.48. The quantitative estimate of drug-likeness (QED) is 0.409. The number of aromatic hydroxyl groups is 1. The van der Waals surface area contributed by atoms with Gasteiger partial charge in [0.05, 0.1) is 39.4 Å². The number of aromatic carboxylic acids is 1. The number of carbonyl (C=O) groups is 1. The first-order chi connectivity index (χ1) is 16.3. The minimum absolute atomic E-state index is 0.0112. The van der Waals surface area contributed by atoms with Crippen LogP contribution in [0.2, 0.25) is 0 Å². The number of hydrogen-bond donors (Lipinski definition) is 3. The minimum Gasteiger partial charge on any atom is -0.508 e. The molecule has 0 aliphatic rings. The molecule has 2 unspecified atom stereocenters. The van der Waals surface area contributed by atoms with E-state index in [0.29, 0.717) is 28.6 Å². The second kappa shape index (κ2) is 10.8. The van der Waals surface area contributed by atoms with Gasteiger partial charge in [-0.3, -0.25) is 0 Å². The van der Waals surface area contributed by atoms with E-state index in [1.165, 1.54) is 39.5 Å². The first kappa shape index (κ1) is 24.7. The molecular weight excluding hydrogens is 440 g/mol. The average Bonchev–Trinajstić information content (AvgIpc) is 2.84. The van der Waals surface area contributed by atoms with Crippen molar-refractivity contribution in [3.05, 3.63) is 76.9 Å². The molecule has 8 heteroatoms. The van der Waals surface area contributed by atoms with Crippen molar-refractivity contribution < 1.29 is 39.1 Å². The van der Waals surface area contributed by atoms with Crippen LogP contribution in [0.4, 0.5) is 0 Å². The number of carboxylic acids is 1. The number of aliphatic hydroxyl groups is 1. The first-order valence-electron chi connectivity index (χ1n) is 10.5. The van der Waals surface area contributed by atoms with Gasteiger partial charge in [-0.1, -0.05) is 12.1 Å². The normalized spacial score (nSPS) is 12.5. The summed E-state index contributed by atoms with van der Waals surface area (Å²) in [5.74, 6) is -0.245. The van der Waals surface area contributed by atoms with Gasteiger partial charge in [0.1, 0.15) is 11.9 Å². The summed E-state index contributed by atoms with van der Waals surface area (Å²) in [4.78, 5) is 11.6. The molecule has 3 rings (SSSR count). The smallest absolute Gasteiger partial charge is 0.335 e. The lowest BCUT2D eigenvalue weighted by Gasteiger charge is -2.29. The molecule has 8 nitrogen and oxygen atoms in total. The Morgan fingerprint density at radius 3 is 2.12 bits per heavy atom. The topological polar surface area (TPSA) is 115 Å². The zero-order chi connectivity index (χ0) is 24.8. The molecular formula is C26H28O8. The Bertz CT molecular complexity index is 1160. The van der Waals surface area contributed by atoms with Crippen LogP contribution in [0.3, 0.4) is 0 Å². The van der Waals surface area contributed by atoms with Crippen LogP contribution in [0.25, 0.3) is 0 Å². The summed E-state index contributed by atoms with van der Waals surface area (Å²) >= 11 is 0.